The Bertz CT molecular complexity index is 944. The summed E-state index contributed by atoms with van der Waals surface area (Å²) in [5.74, 6) is 2.64. The SMILES string of the molecule is CC(C)c1ccccc1OCC(O)Cn1c(C2CCOCC2)nc2ccccc21. The number of nitrogens with zero attached hydrogens (tertiary/aromatic N) is 2. The Labute approximate surface area is 172 Å². The highest BCUT2D eigenvalue weighted by molar-refractivity contribution is 5.76. The minimum atomic E-state index is -0.619. The first kappa shape index (κ1) is 19.9. The monoisotopic (exact) mass is 394 g/mol. The molecule has 4 rings (SSSR count). The second-order valence-corrected chi connectivity index (χ2v) is 8.11. The van der Waals surface area contributed by atoms with Gasteiger partial charge in [-0.25, -0.2) is 4.98 Å². The number of rotatable bonds is 7. The van der Waals surface area contributed by atoms with E-state index >= 15 is 0 Å². The van der Waals surface area contributed by atoms with Gasteiger partial charge in [-0.1, -0.05) is 44.2 Å². The number of hydrogen-bond acceptors (Lipinski definition) is 4. The molecule has 1 N–H and O–H groups in total. The number of benzene rings is 2. The molecule has 0 radical (unpaired) electrons. The summed E-state index contributed by atoms with van der Waals surface area (Å²) < 4.78 is 13.7. The maximum absolute atomic E-state index is 10.8. The number of fused-ring (bicyclic) bond motifs is 1. The third-order valence-electron chi connectivity index (χ3n) is 5.64. The van der Waals surface area contributed by atoms with Crippen LogP contribution in [-0.2, 0) is 11.3 Å². The van der Waals surface area contributed by atoms with Crippen molar-refractivity contribution in [3.63, 3.8) is 0 Å². The zero-order chi connectivity index (χ0) is 20.2. The molecule has 1 atom stereocenters. The maximum Gasteiger partial charge on any atom is 0.122 e. The van der Waals surface area contributed by atoms with Crippen molar-refractivity contribution < 1.29 is 14.6 Å². The van der Waals surface area contributed by atoms with E-state index in [9.17, 15) is 5.11 Å². The van der Waals surface area contributed by atoms with Crippen LogP contribution in [0, 0.1) is 0 Å². The van der Waals surface area contributed by atoms with Crippen LogP contribution in [0.15, 0.2) is 48.5 Å². The van der Waals surface area contributed by atoms with Gasteiger partial charge in [0.05, 0.1) is 17.6 Å². The Morgan fingerprint density at radius 2 is 1.83 bits per heavy atom. The summed E-state index contributed by atoms with van der Waals surface area (Å²) in [5, 5.41) is 10.8. The predicted octanol–water partition coefficient (Wildman–Crippen LogP) is 4.49. The van der Waals surface area contributed by atoms with Crippen molar-refractivity contribution in [2.45, 2.75) is 51.2 Å². The zero-order valence-corrected chi connectivity index (χ0v) is 17.3. The Kier molecular flexibility index (Phi) is 6.16. The van der Waals surface area contributed by atoms with Gasteiger partial charge in [0.15, 0.2) is 0 Å². The summed E-state index contributed by atoms with van der Waals surface area (Å²) in [6, 6.07) is 16.2. The molecule has 0 aliphatic carbocycles. The van der Waals surface area contributed by atoms with Crippen molar-refractivity contribution in [2.75, 3.05) is 19.8 Å². The summed E-state index contributed by atoms with van der Waals surface area (Å²) in [6.45, 7) is 6.56. The van der Waals surface area contributed by atoms with Crippen molar-refractivity contribution in [3.05, 3.63) is 59.9 Å². The summed E-state index contributed by atoms with van der Waals surface area (Å²) in [5.41, 5.74) is 3.21. The molecule has 2 aromatic carbocycles. The fraction of sp³-hybridized carbons (Fsp3) is 0.458. The van der Waals surface area contributed by atoms with Gasteiger partial charge >= 0.3 is 0 Å². The molecule has 2 heterocycles. The van der Waals surface area contributed by atoms with E-state index in [4.69, 9.17) is 14.5 Å². The largest absolute Gasteiger partial charge is 0.491 e. The molecule has 0 saturated carbocycles. The number of imidazole rings is 1. The first-order valence-electron chi connectivity index (χ1n) is 10.6. The number of aliphatic hydroxyl groups excluding tert-OH is 1. The first-order valence-corrected chi connectivity index (χ1v) is 10.6. The van der Waals surface area contributed by atoms with Gasteiger partial charge in [-0.2, -0.15) is 0 Å². The minimum absolute atomic E-state index is 0.253. The molecule has 1 saturated heterocycles. The van der Waals surface area contributed by atoms with Crippen molar-refractivity contribution >= 4 is 11.0 Å². The molecule has 3 aromatic rings. The molecule has 1 aliphatic heterocycles. The smallest absolute Gasteiger partial charge is 0.122 e. The molecule has 29 heavy (non-hydrogen) atoms. The van der Waals surface area contributed by atoms with Crippen molar-refractivity contribution in [3.8, 4) is 5.75 Å². The number of ether oxygens (including phenoxy) is 2. The minimum Gasteiger partial charge on any atom is -0.491 e. The zero-order valence-electron chi connectivity index (χ0n) is 17.3. The molecule has 1 aliphatic rings. The van der Waals surface area contributed by atoms with Gasteiger partial charge in [0.25, 0.3) is 0 Å². The van der Waals surface area contributed by atoms with Crippen molar-refractivity contribution in [1.29, 1.82) is 0 Å². The summed E-state index contributed by atoms with van der Waals surface area (Å²) >= 11 is 0. The lowest BCUT2D eigenvalue weighted by Gasteiger charge is -2.24. The molecule has 0 bridgehead atoms. The third kappa shape index (κ3) is 4.46. The van der Waals surface area contributed by atoms with Gasteiger partial charge < -0.3 is 19.1 Å². The highest BCUT2D eigenvalue weighted by Gasteiger charge is 2.24. The quantitative estimate of drug-likeness (QED) is 0.641. The van der Waals surface area contributed by atoms with Gasteiger partial charge in [0.1, 0.15) is 24.3 Å². The fourth-order valence-corrected chi connectivity index (χ4v) is 4.09. The number of aliphatic hydroxyl groups is 1. The molecule has 1 fully saturated rings. The van der Waals surface area contributed by atoms with Crippen LogP contribution in [0.4, 0.5) is 0 Å². The summed E-state index contributed by atoms with van der Waals surface area (Å²) in [7, 11) is 0. The second kappa shape index (κ2) is 8.97. The van der Waals surface area contributed by atoms with E-state index in [-0.39, 0.29) is 6.61 Å². The lowest BCUT2D eigenvalue weighted by Crippen LogP contribution is -2.26. The van der Waals surface area contributed by atoms with Gasteiger partial charge in [-0.05, 0) is 42.5 Å². The molecular formula is C24H30N2O3. The van der Waals surface area contributed by atoms with Gasteiger partial charge in [-0.3, -0.25) is 0 Å². The van der Waals surface area contributed by atoms with Crippen LogP contribution in [0.1, 0.15) is 49.9 Å². The highest BCUT2D eigenvalue weighted by atomic mass is 16.5. The first-order chi connectivity index (χ1) is 14.1. The topological polar surface area (TPSA) is 56.5 Å². The van der Waals surface area contributed by atoms with Crippen LogP contribution in [0.5, 0.6) is 5.75 Å². The standard InChI is InChI=1S/C24H30N2O3/c1-17(2)20-7-3-6-10-23(20)29-16-19(27)15-26-22-9-5-4-8-21(22)25-24(26)18-11-13-28-14-12-18/h3-10,17-19,27H,11-16H2,1-2H3. The Morgan fingerprint density at radius 3 is 2.62 bits per heavy atom. The lowest BCUT2D eigenvalue weighted by atomic mass is 9.99. The van der Waals surface area contributed by atoms with Crippen LogP contribution < -0.4 is 4.74 Å². The average Bonchev–Trinajstić information content (AvgIpc) is 3.11. The van der Waals surface area contributed by atoms with Crippen LogP contribution in [0.3, 0.4) is 0 Å². The van der Waals surface area contributed by atoms with Crippen LogP contribution in [-0.4, -0.2) is 40.6 Å². The summed E-state index contributed by atoms with van der Waals surface area (Å²) in [6.07, 6.45) is 1.32. The number of para-hydroxylation sites is 3. The number of hydrogen-bond donors (Lipinski definition) is 1. The van der Waals surface area contributed by atoms with E-state index < -0.39 is 6.10 Å². The van der Waals surface area contributed by atoms with Crippen molar-refractivity contribution in [2.24, 2.45) is 0 Å². The van der Waals surface area contributed by atoms with E-state index in [1.54, 1.807) is 0 Å². The molecule has 0 spiro atoms. The summed E-state index contributed by atoms with van der Waals surface area (Å²) in [4.78, 5) is 4.90. The fourth-order valence-electron chi connectivity index (χ4n) is 4.09. The molecule has 0 amide bonds. The molecule has 154 valence electrons. The Morgan fingerprint density at radius 1 is 1.10 bits per heavy atom. The second-order valence-electron chi connectivity index (χ2n) is 8.11. The normalized spacial score (nSPS) is 16.4. The van der Waals surface area contributed by atoms with E-state index in [0.29, 0.717) is 18.4 Å². The molecule has 1 unspecified atom stereocenters. The van der Waals surface area contributed by atoms with Gasteiger partial charge in [0, 0.05) is 19.1 Å². The van der Waals surface area contributed by atoms with E-state index in [1.165, 1.54) is 0 Å². The highest BCUT2D eigenvalue weighted by Crippen LogP contribution is 2.30. The molecule has 5 nitrogen and oxygen atoms in total. The van der Waals surface area contributed by atoms with E-state index in [2.05, 4.69) is 30.5 Å². The maximum atomic E-state index is 10.8. The number of aromatic nitrogens is 2. The molecule has 5 heteroatoms. The lowest BCUT2D eigenvalue weighted by molar-refractivity contribution is 0.0779. The average molecular weight is 395 g/mol. The Balaban J connectivity index is 1.52. The molecule has 1 aromatic heterocycles. The van der Waals surface area contributed by atoms with Crippen LogP contribution in [0.25, 0.3) is 11.0 Å². The van der Waals surface area contributed by atoms with Crippen LogP contribution in [0.2, 0.25) is 0 Å². The van der Waals surface area contributed by atoms with Gasteiger partial charge in [-0.15, -0.1) is 0 Å². The van der Waals surface area contributed by atoms with E-state index in [0.717, 1.165) is 54.2 Å². The van der Waals surface area contributed by atoms with Gasteiger partial charge in [0.2, 0.25) is 0 Å². The third-order valence-corrected chi connectivity index (χ3v) is 5.64. The van der Waals surface area contributed by atoms with E-state index in [1.807, 2.05) is 36.4 Å². The molecular weight excluding hydrogens is 364 g/mol. The van der Waals surface area contributed by atoms with Crippen LogP contribution >= 0.6 is 0 Å². The van der Waals surface area contributed by atoms with Crippen molar-refractivity contribution in [1.82, 2.24) is 9.55 Å². The Hall–Kier alpha value is -2.37. The predicted molar refractivity (Wildman–Crippen MR) is 115 cm³/mol.